The van der Waals surface area contributed by atoms with Crippen molar-refractivity contribution in [2.24, 2.45) is 5.92 Å². The van der Waals surface area contributed by atoms with Gasteiger partial charge in [-0.1, -0.05) is 26.0 Å². The normalized spacial score (nSPS) is 12.1. The molecule has 0 N–H and O–H groups in total. The van der Waals surface area contributed by atoms with E-state index in [-0.39, 0.29) is 17.5 Å². The fourth-order valence-electron chi connectivity index (χ4n) is 1.41. The van der Waals surface area contributed by atoms with E-state index in [0.29, 0.717) is 0 Å². The highest BCUT2D eigenvalue weighted by molar-refractivity contribution is 5.36. The number of non-ortho nitro benzene ring substituents is 1. The molecule has 1 rings (SSSR count). The van der Waals surface area contributed by atoms with Gasteiger partial charge in [0.1, 0.15) is 0 Å². The molecule has 0 heterocycles. The zero-order valence-electron chi connectivity index (χ0n) is 8.68. The summed E-state index contributed by atoms with van der Waals surface area (Å²) in [4.78, 5) is 9.98. The Hall–Kier alpha value is -1.89. The van der Waals surface area contributed by atoms with Crippen molar-refractivity contribution >= 4 is 5.69 Å². The molecule has 4 heteroatoms. The number of nitrogens with zero attached hydrogens (tertiary/aromatic N) is 2. The topological polar surface area (TPSA) is 66.9 Å². The van der Waals surface area contributed by atoms with Crippen molar-refractivity contribution < 1.29 is 4.92 Å². The third-order valence-corrected chi connectivity index (χ3v) is 2.27. The van der Waals surface area contributed by atoms with E-state index in [1.807, 2.05) is 13.8 Å². The van der Waals surface area contributed by atoms with E-state index in [9.17, 15) is 10.1 Å². The molecule has 0 saturated heterocycles. The van der Waals surface area contributed by atoms with Crippen molar-refractivity contribution in [3.05, 3.63) is 39.9 Å². The van der Waals surface area contributed by atoms with Gasteiger partial charge in [0, 0.05) is 12.1 Å². The minimum Gasteiger partial charge on any atom is -0.258 e. The molecule has 0 saturated carbocycles. The van der Waals surface area contributed by atoms with Gasteiger partial charge in [0.25, 0.3) is 5.69 Å². The summed E-state index contributed by atoms with van der Waals surface area (Å²) >= 11 is 0. The maximum atomic E-state index is 10.4. The third kappa shape index (κ3) is 2.53. The lowest BCUT2D eigenvalue weighted by Gasteiger charge is -2.12. The fourth-order valence-corrected chi connectivity index (χ4v) is 1.41. The molecule has 1 aromatic carbocycles. The largest absolute Gasteiger partial charge is 0.269 e. The van der Waals surface area contributed by atoms with Gasteiger partial charge >= 0.3 is 0 Å². The van der Waals surface area contributed by atoms with Crippen molar-refractivity contribution in [1.29, 1.82) is 5.26 Å². The van der Waals surface area contributed by atoms with Crippen LogP contribution < -0.4 is 0 Å². The first kappa shape index (κ1) is 11.2. The molecule has 0 fully saturated rings. The van der Waals surface area contributed by atoms with Crippen molar-refractivity contribution in [3.63, 3.8) is 0 Å². The van der Waals surface area contributed by atoms with Gasteiger partial charge in [-0.05, 0) is 11.5 Å². The van der Waals surface area contributed by atoms with Crippen LogP contribution in [0.1, 0.15) is 25.3 Å². The van der Waals surface area contributed by atoms with Crippen LogP contribution in [-0.4, -0.2) is 4.92 Å². The van der Waals surface area contributed by atoms with E-state index < -0.39 is 4.92 Å². The maximum absolute atomic E-state index is 10.4. The molecular formula is C11H12N2O2. The molecule has 0 aliphatic heterocycles. The van der Waals surface area contributed by atoms with E-state index in [1.54, 1.807) is 12.1 Å². The van der Waals surface area contributed by atoms with Crippen LogP contribution in [0.5, 0.6) is 0 Å². The Morgan fingerprint density at radius 2 is 1.87 bits per heavy atom. The van der Waals surface area contributed by atoms with Gasteiger partial charge in [-0.15, -0.1) is 0 Å². The van der Waals surface area contributed by atoms with Crippen LogP contribution in [-0.2, 0) is 0 Å². The second-order valence-electron chi connectivity index (χ2n) is 3.70. The summed E-state index contributed by atoms with van der Waals surface area (Å²) in [5.74, 6) is 0.00209. The second kappa shape index (κ2) is 4.56. The number of nitro groups is 1. The lowest BCUT2D eigenvalue weighted by Crippen LogP contribution is -2.03. The van der Waals surface area contributed by atoms with Crippen molar-refractivity contribution in [1.82, 2.24) is 0 Å². The van der Waals surface area contributed by atoms with Crippen molar-refractivity contribution in [2.45, 2.75) is 19.8 Å². The SMILES string of the molecule is CC(C)C(C#N)c1ccc([N+](=O)[O-])cc1. The Labute approximate surface area is 88.3 Å². The van der Waals surface area contributed by atoms with Crippen LogP contribution in [0.25, 0.3) is 0 Å². The number of nitro benzene ring substituents is 1. The minimum atomic E-state index is -0.444. The van der Waals surface area contributed by atoms with Gasteiger partial charge in [0.05, 0.1) is 16.9 Å². The average Bonchev–Trinajstić information content (AvgIpc) is 2.19. The fraction of sp³-hybridized carbons (Fsp3) is 0.364. The monoisotopic (exact) mass is 204 g/mol. The third-order valence-electron chi connectivity index (χ3n) is 2.27. The van der Waals surface area contributed by atoms with Gasteiger partial charge in [0.15, 0.2) is 0 Å². The number of hydrogen-bond acceptors (Lipinski definition) is 3. The summed E-state index contributed by atoms with van der Waals surface area (Å²) in [7, 11) is 0. The molecule has 1 aromatic rings. The van der Waals surface area contributed by atoms with E-state index in [4.69, 9.17) is 5.26 Å². The molecule has 0 aliphatic rings. The molecule has 1 unspecified atom stereocenters. The van der Waals surface area contributed by atoms with Gasteiger partial charge in [-0.3, -0.25) is 10.1 Å². The number of hydrogen-bond donors (Lipinski definition) is 0. The minimum absolute atomic E-state index is 0.0548. The number of rotatable bonds is 3. The summed E-state index contributed by atoms with van der Waals surface area (Å²) in [6.07, 6.45) is 0. The summed E-state index contributed by atoms with van der Waals surface area (Å²) < 4.78 is 0. The molecular weight excluding hydrogens is 192 g/mol. The molecule has 1 atom stereocenters. The summed E-state index contributed by atoms with van der Waals surface area (Å²) in [6, 6.07) is 8.35. The molecule has 0 bridgehead atoms. The lowest BCUT2D eigenvalue weighted by atomic mass is 9.90. The molecule has 0 aliphatic carbocycles. The van der Waals surface area contributed by atoms with Crippen LogP contribution in [0.2, 0.25) is 0 Å². The zero-order chi connectivity index (χ0) is 11.4. The molecule has 0 amide bonds. The Kier molecular flexibility index (Phi) is 3.40. The van der Waals surface area contributed by atoms with Crippen LogP contribution in [0.3, 0.4) is 0 Å². The first-order valence-corrected chi connectivity index (χ1v) is 4.70. The number of benzene rings is 1. The van der Waals surface area contributed by atoms with Crippen LogP contribution in [0, 0.1) is 27.4 Å². The Balaban J connectivity index is 2.98. The summed E-state index contributed by atoms with van der Waals surface area (Å²) in [6.45, 7) is 3.91. The maximum Gasteiger partial charge on any atom is 0.269 e. The second-order valence-corrected chi connectivity index (χ2v) is 3.70. The predicted molar refractivity (Wildman–Crippen MR) is 56.3 cm³/mol. The van der Waals surface area contributed by atoms with E-state index >= 15 is 0 Å². The number of nitriles is 1. The van der Waals surface area contributed by atoms with Crippen molar-refractivity contribution in [2.75, 3.05) is 0 Å². The highest BCUT2D eigenvalue weighted by Gasteiger charge is 2.15. The summed E-state index contributed by atoms with van der Waals surface area (Å²) in [5, 5.41) is 19.4. The van der Waals surface area contributed by atoms with Crippen LogP contribution in [0.15, 0.2) is 24.3 Å². The quantitative estimate of drug-likeness (QED) is 0.561. The van der Waals surface area contributed by atoms with Gasteiger partial charge in [-0.25, -0.2) is 0 Å². The van der Waals surface area contributed by atoms with Gasteiger partial charge in [-0.2, -0.15) is 5.26 Å². The highest BCUT2D eigenvalue weighted by atomic mass is 16.6. The first-order chi connectivity index (χ1) is 7.06. The lowest BCUT2D eigenvalue weighted by molar-refractivity contribution is -0.384. The molecule has 0 aromatic heterocycles. The first-order valence-electron chi connectivity index (χ1n) is 4.70. The molecule has 78 valence electrons. The van der Waals surface area contributed by atoms with Gasteiger partial charge in [0.2, 0.25) is 0 Å². The van der Waals surface area contributed by atoms with Crippen LogP contribution >= 0.6 is 0 Å². The summed E-state index contributed by atoms with van der Waals surface area (Å²) in [5.41, 5.74) is 0.886. The standard InChI is InChI=1S/C11H12N2O2/c1-8(2)11(7-12)9-3-5-10(6-4-9)13(14)15/h3-6,8,11H,1-2H3. The highest BCUT2D eigenvalue weighted by Crippen LogP contribution is 2.25. The van der Waals surface area contributed by atoms with E-state index in [2.05, 4.69) is 6.07 Å². The van der Waals surface area contributed by atoms with Crippen molar-refractivity contribution in [3.8, 4) is 6.07 Å². The Bertz CT molecular complexity index is 390. The molecule has 4 nitrogen and oxygen atoms in total. The molecule has 15 heavy (non-hydrogen) atoms. The Morgan fingerprint density at radius 3 is 2.20 bits per heavy atom. The average molecular weight is 204 g/mol. The Morgan fingerprint density at radius 1 is 1.33 bits per heavy atom. The zero-order valence-corrected chi connectivity index (χ0v) is 8.68. The van der Waals surface area contributed by atoms with E-state index in [0.717, 1.165) is 5.56 Å². The molecule has 0 radical (unpaired) electrons. The smallest absolute Gasteiger partial charge is 0.258 e. The molecule has 0 spiro atoms. The predicted octanol–water partition coefficient (Wildman–Crippen LogP) is 2.86. The van der Waals surface area contributed by atoms with E-state index in [1.165, 1.54) is 12.1 Å². The van der Waals surface area contributed by atoms with Gasteiger partial charge < -0.3 is 0 Å². The van der Waals surface area contributed by atoms with Crippen LogP contribution in [0.4, 0.5) is 5.69 Å².